The Morgan fingerprint density at radius 2 is 1.94 bits per heavy atom. The molecular weight excluding hydrogens is 300 g/mol. The lowest BCUT2D eigenvalue weighted by Crippen LogP contribution is -2.43. The first-order valence-electron chi connectivity index (χ1n) is 5.49. The summed E-state index contributed by atoms with van der Waals surface area (Å²) in [7, 11) is 0. The second-order valence-corrected chi connectivity index (χ2v) is 4.50. The van der Waals surface area contributed by atoms with Crippen molar-refractivity contribution in [2.24, 2.45) is 0 Å². The second kappa shape index (κ2) is 7.00. The summed E-state index contributed by atoms with van der Waals surface area (Å²) < 4.78 is 6.27. The van der Waals surface area contributed by atoms with Gasteiger partial charge in [-0.3, -0.25) is 20.4 Å². The number of nitrogens with one attached hydrogen (secondary N) is 2. The smallest absolute Gasteiger partial charge is 0.276 e. The normalized spacial score (nSPS) is 9.72. The molecule has 98 valence electrons. The maximum Gasteiger partial charge on any atom is 0.276 e. The zero-order valence-corrected chi connectivity index (χ0v) is 11.8. The first kappa shape index (κ1) is 14.5. The first-order chi connectivity index (χ1) is 8.52. The van der Waals surface area contributed by atoms with Crippen molar-refractivity contribution in [2.75, 3.05) is 6.61 Å². The van der Waals surface area contributed by atoms with Crippen LogP contribution in [-0.2, 0) is 9.59 Å². The van der Waals surface area contributed by atoms with Crippen LogP contribution in [0.4, 0.5) is 0 Å². The molecule has 0 saturated carbocycles. The van der Waals surface area contributed by atoms with Gasteiger partial charge in [0.05, 0.1) is 0 Å². The molecule has 0 spiro atoms. The number of halogens is 1. The molecule has 0 atom stereocenters. The molecule has 0 aliphatic rings. The maximum atomic E-state index is 11.3. The van der Waals surface area contributed by atoms with Crippen LogP contribution in [-0.4, -0.2) is 18.4 Å². The Kier molecular flexibility index (Phi) is 5.64. The van der Waals surface area contributed by atoms with Crippen molar-refractivity contribution < 1.29 is 14.3 Å². The number of hydrazine groups is 1. The van der Waals surface area contributed by atoms with Gasteiger partial charge in [0.15, 0.2) is 6.61 Å². The molecule has 0 unspecified atom stereocenters. The molecule has 18 heavy (non-hydrogen) atoms. The Hall–Kier alpha value is -1.56. The van der Waals surface area contributed by atoms with Gasteiger partial charge in [-0.25, -0.2) is 0 Å². The third-order valence-corrected chi connectivity index (χ3v) is 3.05. The highest BCUT2D eigenvalue weighted by molar-refractivity contribution is 9.10. The fourth-order valence-electron chi connectivity index (χ4n) is 1.12. The average molecular weight is 315 g/mol. The van der Waals surface area contributed by atoms with E-state index in [2.05, 4.69) is 26.8 Å². The van der Waals surface area contributed by atoms with Crippen LogP contribution < -0.4 is 15.6 Å². The Morgan fingerprint density at radius 1 is 1.28 bits per heavy atom. The Labute approximate surface area is 114 Å². The molecule has 0 heterocycles. The Bertz CT molecular complexity index is 449. The van der Waals surface area contributed by atoms with Crippen LogP contribution in [0.1, 0.15) is 18.9 Å². The standard InChI is InChI=1S/C12H15BrN2O3/c1-3-11(16)14-15-12(17)7-18-9-4-5-10(13)8(2)6-9/h4-6H,3,7H2,1-2H3,(H,14,16)(H,15,17). The van der Waals surface area contributed by atoms with Crippen LogP contribution in [0.5, 0.6) is 5.75 Å². The molecule has 0 radical (unpaired) electrons. The van der Waals surface area contributed by atoms with Crippen molar-refractivity contribution in [3.63, 3.8) is 0 Å². The number of ether oxygens (including phenoxy) is 1. The molecule has 0 bridgehead atoms. The van der Waals surface area contributed by atoms with E-state index in [0.29, 0.717) is 12.2 Å². The Balaban J connectivity index is 2.38. The highest BCUT2D eigenvalue weighted by Crippen LogP contribution is 2.21. The van der Waals surface area contributed by atoms with Crippen LogP contribution in [0.2, 0.25) is 0 Å². The number of benzene rings is 1. The zero-order chi connectivity index (χ0) is 13.5. The third kappa shape index (κ3) is 4.75. The van der Waals surface area contributed by atoms with Crippen LogP contribution in [0, 0.1) is 6.92 Å². The van der Waals surface area contributed by atoms with E-state index in [4.69, 9.17) is 4.74 Å². The molecule has 0 aliphatic carbocycles. The predicted octanol–water partition coefficient (Wildman–Crippen LogP) is 1.69. The lowest BCUT2D eigenvalue weighted by Gasteiger charge is -2.09. The van der Waals surface area contributed by atoms with Gasteiger partial charge in [-0.2, -0.15) is 0 Å². The SMILES string of the molecule is CCC(=O)NNC(=O)COc1ccc(Br)c(C)c1. The van der Waals surface area contributed by atoms with E-state index in [0.717, 1.165) is 10.0 Å². The quantitative estimate of drug-likeness (QED) is 0.831. The van der Waals surface area contributed by atoms with Gasteiger partial charge in [0.2, 0.25) is 5.91 Å². The summed E-state index contributed by atoms with van der Waals surface area (Å²) in [5.41, 5.74) is 5.54. The van der Waals surface area contributed by atoms with Crippen molar-refractivity contribution in [2.45, 2.75) is 20.3 Å². The van der Waals surface area contributed by atoms with Gasteiger partial charge in [0, 0.05) is 10.9 Å². The zero-order valence-electron chi connectivity index (χ0n) is 10.2. The van der Waals surface area contributed by atoms with E-state index in [-0.39, 0.29) is 12.5 Å². The van der Waals surface area contributed by atoms with Gasteiger partial charge < -0.3 is 4.74 Å². The summed E-state index contributed by atoms with van der Waals surface area (Å²) >= 11 is 3.38. The van der Waals surface area contributed by atoms with E-state index in [1.165, 1.54) is 0 Å². The van der Waals surface area contributed by atoms with E-state index in [1.54, 1.807) is 13.0 Å². The minimum absolute atomic E-state index is 0.148. The number of amides is 2. The minimum atomic E-state index is -0.405. The molecule has 0 aromatic heterocycles. The van der Waals surface area contributed by atoms with Crippen molar-refractivity contribution in [3.05, 3.63) is 28.2 Å². The lowest BCUT2D eigenvalue weighted by atomic mass is 10.2. The van der Waals surface area contributed by atoms with Gasteiger partial charge in [-0.05, 0) is 30.7 Å². The molecule has 1 aromatic rings. The predicted molar refractivity (Wildman–Crippen MR) is 71.0 cm³/mol. The number of hydrogen-bond donors (Lipinski definition) is 2. The van der Waals surface area contributed by atoms with Crippen LogP contribution in [0.15, 0.2) is 22.7 Å². The number of hydrogen-bond acceptors (Lipinski definition) is 3. The molecule has 5 nitrogen and oxygen atoms in total. The number of carbonyl (C=O) groups excluding carboxylic acids is 2. The average Bonchev–Trinajstić information content (AvgIpc) is 2.37. The maximum absolute atomic E-state index is 11.3. The van der Waals surface area contributed by atoms with E-state index >= 15 is 0 Å². The molecule has 0 fully saturated rings. The highest BCUT2D eigenvalue weighted by atomic mass is 79.9. The largest absolute Gasteiger partial charge is 0.484 e. The van der Waals surface area contributed by atoms with Crippen LogP contribution in [0.25, 0.3) is 0 Å². The third-order valence-electron chi connectivity index (χ3n) is 2.16. The van der Waals surface area contributed by atoms with Crippen molar-refractivity contribution in [3.8, 4) is 5.75 Å². The highest BCUT2D eigenvalue weighted by Gasteiger charge is 2.04. The molecule has 0 aliphatic heterocycles. The summed E-state index contributed by atoms with van der Waals surface area (Å²) in [5.74, 6) is -0.0483. The van der Waals surface area contributed by atoms with Gasteiger partial charge in [0.1, 0.15) is 5.75 Å². The van der Waals surface area contributed by atoms with Crippen LogP contribution in [0.3, 0.4) is 0 Å². The monoisotopic (exact) mass is 314 g/mol. The van der Waals surface area contributed by atoms with Gasteiger partial charge in [0.25, 0.3) is 5.91 Å². The molecule has 0 saturated heterocycles. The Morgan fingerprint density at radius 3 is 2.56 bits per heavy atom. The van der Waals surface area contributed by atoms with Gasteiger partial charge in [-0.15, -0.1) is 0 Å². The second-order valence-electron chi connectivity index (χ2n) is 3.65. The molecule has 1 aromatic carbocycles. The number of rotatable bonds is 4. The summed E-state index contributed by atoms with van der Waals surface area (Å²) in [6, 6.07) is 5.43. The van der Waals surface area contributed by atoms with Crippen molar-refractivity contribution >= 4 is 27.7 Å². The van der Waals surface area contributed by atoms with E-state index in [9.17, 15) is 9.59 Å². The topological polar surface area (TPSA) is 67.4 Å². The lowest BCUT2D eigenvalue weighted by molar-refractivity contribution is -0.129. The van der Waals surface area contributed by atoms with Gasteiger partial charge in [-0.1, -0.05) is 22.9 Å². The summed E-state index contributed by atoms with van der Waals surface area (Å²) in [6.45, 7) is 3.48. The van der Waals surface area contributed by atoms with Gasteiger partial charge >= 0.3 is 0 Å². The summed E-state index contributed by atoms with van der Waals surface area (Å²) in [4.78, 5) is 22.2. The fraction of sp³-hybridized carbons (Fsp3) is 0.333. The molecule has 6 heteroatoms. The summed E-state index contributed by atoms with van der Waals surface area (Å²) in [6.07, 6.45) is 0.313. The number of aryl methyl sites for hydroxylation is 1. The van der Waals surface area contributed by atoms with Crippen molar-refractivity contribution in [1.82, 2.24) is 10.9 Å². The molecule has 1 rings (SSSR count). The fourth-order valence-corrected chi connectivity index (χ4v) is 1.37. The summed E-state index contributed by atoms with van der Waals surface area (Å²) in [5, 5.41) is 0. The van der Waals surface area contributed by atoms with E-state index < -0.39 is 5.91 Å². The first-order valence-corrected chi connectivity index (χ1v) is 6.29. The van der Waals surface area contributed by atoms with E-state index in [1.807, 2.05) is 19.1 Å². The number of carbonyl (C=O) groups is 2. The molecular formula is C12H15BrN2O3. The molecule has 2 N–H and O–H groups in total. The molecule has 2 amide bonds. The van der Waals surface area contributed by atoms with Crippen LogP contribution >= 0.6 is 15.9 Å². The van der Waals surface area contributed by atoms with Crippen molar-refractivity contribution in [1.29, 1.82) is 0 Å². The minimum Gasteiger partial charge on any atom is -0.484 e.